The van der Waals surface area contributed by atoms with Crippen molar-refractivity contribution in [2.45, 2.75) is 0 Å². The Morgan fingerprint density at radius 2 is 1.96 bits per heavy atom. The van der Waals surface area contributed by atoms with Gasteiger partial charge in [0.05, 0.1) is 17.7 Å². The smallest absolute Gasteiger partial charge is 0.363 e. The average Bonchev–Trinajstić information content (AvgIpc) is 2.95. The van der Waals surface area contributed by atoms with Gasteiger partial charge in [-0.15, -0.1) is 0 Å². The first-order valence-electron chi connectivity index (χ1n) is 7.35. The summed E-state index contributed by atoms with van der Waals surface area (Å²) in [5, 5.41) is 0.738. The Bertz CT molecular complexity index is 902. The first kappa shape index (κ1) is 17.3. The highest BCUT2D eigenvalue weighted by molar-refractivity contribution is 6.35. The molecule has 0 N–H and O–H groups in total. The van der Waals surface area contributed by atoms with Gasteiger partial charge in [-0.3, -0.25) is 0 Å². The summed E-state index contributed by atoms with van der Waals surface area (Å²) in [6.45, 7) is 0. The fraction of sp³-hybridized carbons (Fsp3) is 0.0526. The molecular weight excluding hydrogens is 361 g/mol. The van der Waals surface area contributed by atoms with E-state index >= 15 is 0 Å². The number of carbonyl (C=O) groups excluding carboxylic acids is 1. The third kappa shape index (κ3) is 4.10. The highest BCUT2D eigenvalue weighted by atomic mass is 35.5. The summed E-state index contributed by atoms with van der Waals surface area (Å²) in [6, 6.07) is 14.5. The minimum absolute atomic E-state index is 0.110. The Morgan fingerprint density at radius 1 is 1.20 bits per heavy atom. The number of halogens is 2. The van der Waals surface area contributed by atoms with Crippen LogP contribution in [0.2, 0.25) is 5.02 Å². The molecule has 1 heterocycles. The number of hydrogen-bond acceptors (Lipinski definition) is 4. The van der Waals surface area contributed by atoms with Gasteiger partial charge < -0.3 is 9.47 Å². The van der Waals surface area contributed by atoms with Crippen LogP contribution in [0.5, 0.6) is 5.75 Å². The maximum absolute atomic E-state index is 12.0. The van der Waals surface area contributed by atoms with Crippen molar-refractivity contribution in [1.82, 2.24) is 0 Å². The molecule has 0 aromatic heterocycles. The highest BCUT2D eigenvalue weighted by Crippen LogP contribution is 2.27. The Kier molecular flexibility index (Phi) is 5.22. The molecule has 0 amide bonds. The minimum Gasteiger partial charge on any atom is -0.497 e. The van der Waals surface area contributed by atoms with E-state index < -0.39 is 5.97 Å². The fourth-order valence-electron chi connectivity index (χ4n) is 2.20. The molecule has 25 heavy (non-hydrogen) atoms. The lowest BCUT2D eigenvalue weighted by Gasteiger charge is -2.05. The van der Waals surface area contributed by atoms with Crippen LogP contribution in [-0.2, 0) is 9.53 Å². The third-order valence-electron chi connectivity index (χ3n) is 3.41. The van der Waals surface area contributed by atoms with Gasteiger partial charge in [0.15, 0.2) is 5.70 Å². The van der Waals surface area contributed by atoms with E-state index in [2.05, 4.69) is 4.99 Å². The normalized spacial score (nSPS) is 16.0. The molecule has 6 heteroatoms. The van der Waals surface area contributed by atoms with E-state index in [1.54, 1.807) is 31.4 Å². The number of hydrogen-bond donors (Lipinski definition) is 0. The van der Waals surface area contributed by atoms with Gasteiger partial charge in [0, 0.05) is 5.03 Å². The number of rotatable bonds is 4. The standard InChI is InChI=1S/C19H13Cl2NO3/c1-24-14-7-8-15(16(21)11-14)18-22-17(19(23)25-18)10-13(20)9-12-5-3-2-4-6-12/h2-11H,1H3. The van der Waals surface area contributed by atoms with Gasteiger partial charge >= 0.3 is 5.97 Å². The molecule has 0 saturated heterocycles. The number of aliphatic imine (C=N–C) groups is 1. The quantitative estimate of drug-likeness (QED) is 0.570. The summed E-state index contributed by atoms with van der Waals surface area (Å²) in [5.41, 5.74) is 1.53. The molecule has 1 aliphatic heterocycles. The first-order valence-corrected chi connectivity index (χ1v) is 8.11. The molecule has 2 aromatic rings. The van der Waals surface area contributed by atoms with E-state index in [1.807, 2.05) is 30.3 Å². The molecule has 0 atom stereocenters. The topological polar surface area (TPSA) is 47.9 Å². The second kappa shape index (κ2) is 7.55. The van der Waals surface area contributed by atoms with Crippen LogP contribution in [-0.4, -0.2) is 19.0 Å². The van der Waals surface area contributed by atoms with E-state index in [1.165, 1.54) is 6.08 Å². The molecule has 4 nitrogen and oxygen atoms in total. The van der Waals surface area contributed by atoms with Gasteiger partial charge in [-0.05, 0) is 35.9 Å². The zero-order chi connectivity index (χ0) is 17.8. The minimum atomic E-state index is -0.582. The maximum atomic E-state index is 12.0. The van der Waals surface area contributed by atoms with Crippen LogP contribution in [0, 0.1) is 0 Å². The predicted octanol–water partition coefficient (Wildman–Crippen LogP) is 4.82. The Labute approximate surface area is 155 Å². The Morgan fingerprint density at radius 3 is 2.64 bits per heavy atom. The van der Waals surface area contributed by atoms with Gasteiger partial charge in [-0.25, -0.2) is 9.79 Å². The van der Waals surface area contributed by atoms with Crippen LogP contribution < -0.4 is 4.74 Å². The van der Waals surface area contributed by atoms with Crippen molar-refractivity contribution in [2.75, 3.05) is 7.11 Å². The van der Waals surface area contributed by atoms with Gasteiger partial charge in [0.2, 0.25) is 5.90 Å². The lowest BCUT2D eigenvalue weighted by atomic mass is 10.2. The Hall–Kier alpha value is -2.56. The van der Waals surface area contributed by atoms with Crippen molar-refractivity contribution >= 4 is 41.1 Å². The van der Waals surface area contributed by atoms with E-state index in [4.69, 9.17) is 32.7 Å². The van der Waals surface area contributed by atoms with Crippen LogP contribution >= 0.6 is 23.2 Å². The molecule has 0 unspecified atom stereocenters. The molecule has 0 aliphatic carbocycles. The molecule has 3 rings (SSSR count). The lowest BCUT2D eigenvalue weighted by Crippen LogP contribution is -2.06. The van der Waals surface area contributed by atoms with Crippen molar-refractivity contribution in [3.63, 3.8) is 0 Å². The second-order valence-electron chi connectivity index (χ2n) is 5.12. The molecular formula is C19H13Cl2NO3. The predicted molar refractivity (Wildman–Crippen MR) is 99.0 cm³/mol. The average molecular weight is 374 g/mol. The molecule has 126 valence electrons. The largest absolute Gasteiger partial charge is 0.497 e. The van der Waals surface area contributed by atoms with E-state index in [-0.39, 0.29) is 11.6 Å². The Balaban J connectivity index is 1.88. The number of methoxy groups -OCH3 is 1. The SMILES string of the molecule is COc1ccc(C2=NC(=CC(Cl)=Cc3ccccc3)C(=O)O2)c(Cl)c1. The molecule has 0 bridgehead atoms. The number of allylic oxidation sites excluding steroid dienone is 2. The van der Waals surface area contributed by atoms with Gasteiger partial charge in [0.1, 0.15) is 5.75 Å². The van der Waals surface area contributed by atoms with Crippen molar-refractivity contribution in [3.8, 4) is 5.75 Å². The van der Waals surface area contributed by atoms with Crippen LogP contribution in [0.3, 0.4) is 0 Å². The van der Waals surface area contributed by atoms with Crippen molar-refractivity contribution in [1.29, 1.82) is 0 Å². The summed E-state index contributed by atoms with van der Waals surface area (Å²) in [7, 11) is 1.54. The number of cyclic esters (lactones) is 1. The maximum Gasteiger partial charge on any atom is 0.363 e. The first-order chi connectivity index (χ1) is 12.1. The second-order valence-corrected chi connectivity index (χ2v) is 5.97. The lowest BCUT2D eigenvalue weighted by molar-refractivity contribution is -0.130. The zero-order valence-electron chi connectivity index (χ0n) is 13.2. The molecule has 0 fully saturated rings. The van der Waals surface area contributed by atoms with Crippen molar-refractivity contribution in [3.05, 3.63) is 81.5 Å². The zero-order valence-corrected chi connectivity index (χ0v) is 14.7. The van der Waals surface area contributed by atoms with Gasteiger partial charge in [0.25, 0.3) is 0 Å². The van der Waals surface area contributed by atoms with E-state index in [9.17, 15) is 4.79 Å². The van der Waals surface area contributed by atoms with Gasteiger partial charge in [-0.1, -0.05) is 53.5 Å². The number of esters is 1. The molecule has 0 spiro atoms. The van der Waals surface area contributed by atoms with Crippen LogP contribution in [0.15, 0.2) is 70.3 Å². The van der Waals surface area contributed by atoms with Crippen LogP contribution in [0.4, 0.5) is 0 Å². The summed E-state index contributed by atoms with van der Waals surface area (Å²) in [6.07, 6.45) is 3.19. The van der Waals surface area contributed by atoms with E-state index in [0.29, 0.717) is 21.4 Å². The molecule has 0 radical (unpaired) electrons. The third-order valence-corrected chi connectivity index (χ3v) is 3.94. The number of ether oxygens (including phenoxy) is 2. The number of benzene rings is 2. The molecule has 2 aromatic carbocycles. The molecule has 0 saturated carbocycles. The highest BCUT2D eigenvalue weighted by Gasteiger charge is 2.25. The van der Waals surface area contributed by atoms with Crippen molar-refractivity contribution in [2.24, 2.45) is 4.99 Å². The van der Waals surface area contributed by atoms with Crippen LogP contribution in [0.25, 0.3) is 6.08 Å². The summed E-state index contributed by atoms with van der Waals surface area (Å²) >= 11 is 12.4. The van der Waals surface area contributed by atoms with E-state index in [0.717, 1.165) is 5.56 Å². The van der Waals surface area contributed by atoms with Crippen molar-refractivity contribution < 1.29 is 14.3 Å². The van der Waals surface area contributed by atoms with Gasteiger partial charge in [-0.2, -0.15) is 0 Å². The summed E-state index contributed by atoms with van der Waals surface area (Å²) in [5.74, 6) is 0.151. The molecule has 1 aliphatic rings. The number of carbonyl (C=O) groups is 1. The monoisotopic (exact) mass is 373 g/mol. The number of nitrogens with zero attached hydrogens (tertiary/aromatic N) is 1. The summed E-state index contributed by atoms with van der Waals surface area (Å²) < 4.78 is 10.3. The van der Waals surface area contributed by atoms with Crippen LogP contribution in [0.1, 0.15) is 11.1 Å². The summed E-state index contributed by atoms with van der Waals surface area (Å²) in [4.78, 5) is 16.2. The fourth-order valence-corrected chi connectivity index (χ4v) is 2.68.